The molecule has 2 rings (SSSR count). The first-order valence-electron chi connectivity index (χ1n) is 6.02. The van der Waals surface area contributed by atoms with Crippen LogP contribution in [0.1, 0.15) is 23.2 Å². The number of rotatable bonds is 4. The summed E-state index contributed by atoms with van der Waals surface area (Å²) in [5, 5.41) is 13.3. The molecule has 0 aliphatic carbocycles. The van der Waals surface area contributed by atoms with Crippen molar-refractivity contribution in [1.82, 2.24) is 9.78 Å². The highest BCUT2D eigenvalue weighted by Crippen LogP contribution is 2.26. The van der Waals surface area contributed by atoms with E-state index in [1.54, 1.807) is 0 Å². The van der Waals surface area contributed by atoms with Crippen LogP contribution in [0.4, 0.5) is 0 Å². The van der Waals surface area contributed by atoms with Gasteiger partial charge in [0.25, 0.3) is 0 Å². The third kappa shape index (κ3) is 2.87. The smallest absolute Gasteiger partial charge is 0.303 e. The van der Waals surface area contributed by atoms with Crippen molar-refractivity contribution in [3.63, 3.8) is 0 Å². The van der Waals surface area contributed by atoms with Crippen LogP contribution < -0.4 is 0 Å². The zero-order valence-electron chi connectivity index (χ0n) is 10.9. The van der Waals surface area contributed by atoms with E-state index in [9.17, 15) is 4.79 Å². The normalized spacial score (nSPS) is 10.7. The van der Waals surface area contributed by atoms with E-state index in [0.29, 0.717) is 6.42 Å². The topological polar surface area (TPSA) is 55.1 Å². The second-order valence-electron chi connectivity index (χ2n) is 4.45. The Morgan fingerprint density at radius 3 is 2.68 bits per heavy atom. The van der Waals surface area contributed by atoms with Gasteiger partial charge in [0.1, 0.15) is 4.60 Å². The minimum atomic E-state index is -0.796. The summed E-state index contributed by atoms with van der Waals surface area (Å²) in [6.45, 7) is 3.92. The monoisotopic (exact) mass is 322 g/mol. The molecule has 0 aliphatic heterocycles. The number of para-hydroxylation sites is 1. The fourth-order valence-electron chi connectivity index (χ4n) is 2.01. The van der Waals surface area contributed by atoms with Crippen LogP contribution in [0.5, 0.6) is 0 Å². The first kappa shape index (κ1) is 13.8. The molecule has 0 bridgehead atoms. The zero-order chi connectivity index (χ0) is 14.0. The van der Waals surface area contributed by atoms with Crippen molar-refractivity contribution < 1.29 is 9.90 Å². The van der Waals surface area contributed by atoms with Crippen molar-refractivity contribution in [3.05, 3.63) is 45.7 Å². The first-order chi connectivity index (χ1) is 9.00. The van der Waals surface area contributed by atoms with Crippen LogP contribution in [0.25, 0.3) is 5.69 Å². The fourth-order valence-corrected chi connectivity index (χ4v) is 2.76. The molecule has 0 amide bonds. The summed E-state index contributed by atoms with van der Waals surface area (Å²) in [6, 6.07) is 7.96. The van der Waals surface area contributed by atoms with Crippen LogP contribution >= 0.6 is 15.9 Å². The zero-order valence-corrected chi connectivity index (χ0v) is 12.4. The van der Waals surface area contributed by atoms with E-state index >= 15 is 0 Å². The summed E-state index contributed by atoms with van der Waals surface area (Å²) in [5.41, 5.74) is 3.93. The lowest BCUT2D eigenvalue weighted by atomic mass is 10.1. The van der Waals surface area contributed by atoms with Crippen molar-refractivity contribution in [2.24, 2.45) is 0 Å². The highest BCUT2D eigenvalue weighted by atomic mass is 79.9. The summed E-state index contributed by atoms with van der Waals surface area (Å²) in [6.07, 6.45) is 0.590. The second kappa shape index (κ2) is 5.57. The third-order valence-electron chi connectivity index (χ3n) is 3.05. The molecule has 0 radical (unpaired) electrons. The van der Waals surface area contributed by atoms with E-state index < -0.39 is 5.97 Å². The largest absolute Gasteiger partial charge is 0.481 e. The number of carboxylic acid groups (broad SMARTS) is 1. The molecule has 100 valence electrons. The minimum absolute atomic E-state index is 0.110. The van der Waals surface area contributed by atoms with Crippen LogP contribution in [0, 0.1) is 13.8 Å². The van der Waals surface area contributed by atoms with E-state index in [-0.39, 0.29) is 6.42 Å². The maximum Gasteiger partial charge on any atom is 0.303 e. The van der Waals surface area contributed by atoms with Gasteiger partial charge in [0, 0.05) is 12.0 Å². The molecule has 1 aromatic carbocycles. The molecule has 2 aromatic rings. The molecule has 4 nitrogen and oxygen atoms in total. The van der Waals surface area contributed by atoms with E-state index in [0.717, 1.165) is 27.1 Å². The molecule has 0 unspecified atom stereocenters. The standard InChI is InChI=1S/C14H15BrN2O2/c1-9-5-3-4-6-12(9)17-14(15)11(10(2)16-17)7-8-13(18)19/h3-6H,7-8H2,1-2H3,(H,18,19). The molecule has 19 heavy (non-hydrogen) atoms. The molecule has 0 spiro atoms. The highest BCUT2D eigenvalue weighted by molar-refractivity contribution is 9.10. The number of aromatic nitrogens is 2. The predicted molar refractivity (Wildman–Crippen MR) is 76.7 cm³/mol. The molecule has 1 N–H and O–H groups in total. The Kier molecular flexibility index (Phi) is 4.04. The molecule has 0 saturated heterocycles. The predicted octanol–water partition coefficient (Wildman–Crippen LogP) is 3.27. The molecular weight excluding hydrogens is 308 g/mol. The first-order valence-corrected chi connectivity index (χ1v) is 6.81. The second-order valence-corrected chi connectivity index (χ2v) is 5.20. The SMILES string of the molecule is Cc1ccccc1-n1nc(C)c(CCC(=O)O)c1Br. The number of aliphatic carboxylic acids is 1. The average Bonchev–Trinajstić information content (AvgIpc) is 2.63. The van der Waals surface area contributed by atoms with Gasteiger partial charge in [-0.1, -0.05) is 18.2 Å². The summed E-state index contributed by atoms with van der Waals surface area (Å²) in [7, 11) is 0. The van der Waals surface area contributed by atoms with Crippen LogP contribution in [0.3, 0.4) is 0 Å². The average molecular weight is 323 g/mol. The fraction of sp³-hybridized carbons (Fsp3) is 0.286. The van der Waals surface area contributed by atoms with Crippen LogP contribution in [-0.4, -0.2) is 20.9 Å². The summed E-state index contributed by atoms with van der Waals surface area (Å²) >= 11 is 3.53. The van der Waals surface area contributed by atoms with Crippen LogP contribution in [0.2, 0.25) is 0 Å². The van der Waals surface area contributed by atoms with Gasteiger partial charge >= 0.3 is 5.97 Å². The number of benzene rings is 1. The van der Waals surface area contributed by atoms with Gasteiger partial charge in [-0.2, -0.15) is 5.10 Å². The lowest BCUT2D eigenvalue weighted by Crippen LogP contribution is -2.00. The Balaban J connectivity index is 2.41. The number of hydrogen-bond donors (Lipinski definition) is 1. The number of carboxylic acids is 1. The Labute approximate surface area is 120 Å². The van der Waals surface area contributed by atoms with Gasteiger partial charge in [-0.3, -0.25) is 4.79 Å². The van der Waals surface area contributed by atoms with Crippen molar-refractivity contribution in [2.45, 2.75) is 26.7 Å². The molecule has 0 fully saturated rings. The maximum atomic E-state index is 10.7. The van der Waals surface area contributed by atoms with Crippen molar-refractivity contribution in [2.75, 3.05) is 0 Å². The highest BCUT2D eigenvalue weighted by Gasteiger charge is 2.15. The van der Waals surface area contributed by atoms with Crippen LogP contribution in [0.15, 0.2) is 28.9 Å². The van der Waals surface area contributed by atoms with Gasteiger partial charge in [-0.05, 0) is 47.8 Å². The molecule has 0 atom stereocenters. The lowest BCUT2D eigenvalue weighted by molar-refractivity contribution is -0.136. The van der Waals surface area contributed by atoms with Crippen molar-refractivity contribution >= 4 is 21.9 Å². The van der Waals surface area contributed by atoms with Crippen molar-refractivity contribution in [3.8, 4) is 5.69 Å². The van der Waals surface area contributed by atoms with Crippen molar-refractivity contribution in [1.29, 1.82) is 0 Å². The third-order valence-corrected chi connectivity index (χ3v) is 3.87. The van der Waals surface area contributed by atoms with Gasteiger partial charge < -0.3 is 5.11 Å². The minimum Gasteiger partial charge on any atom is -0.481 e. The van der Waals surface area contributed by atoms with Gasteiger partial charge in [-0.25, -0.2) is 4.68 Å². The quantitative estimate of drug-likeness (QED) is 0.939. The Hall–Kier alpha value is -1.62. The number of halogens is 1. The molecular formula is C14H15BrN2O2. The molecule has 1 heterocycles. The number of aryl methyl sites for hydroxylation is 2. The van der Waals surface area contributed by atoms with Gasteiger partial charge in [0.05, 0.1) is 11.4 Å². The van der Waals surface area contributed by atoms with E-state index in [1.807, 2.05) is 42.8 Å². The van der Waals surface area contributed by atoms with E-state index in [1.165, 1.54) is 0 Å². The Morgan fingerprint density at radius 1 is 1.37 bits per heavy atom. The molecule has 0 aliphatic rings. The number of carbonyl (C=O) groups is 1. The summed E-state index contributed by atoms with van der Waals surface area (Å²) < 4.78 is 2.66. The van der Waals surface area contributed by atoms with Crippen LogP contribution in [-0.2, 0) is 11.2 Å². The maximum absolute atomic E-state index is 10.7. The van der Waals surface area contributed by atoms with E-state index in [2.05, 4.69) is 21.0 Å². The Morgan fingerprint density at radius 2 is 2.05 bits per heavy atom. The summed E-state index contributed by atoms with van der Waals surface area (Å²) in [5.74, 6) is -0.796. The molecule has 1 aromatic heterocycles. The molecule has 0 saturated carbocycles. The lowest BCUT2D eigenvalue weighted by Gasteiger charge is -2.07. The summed E-state index contributed by atoms with van der Waals surface area (Å²) in [4.78, 5) is 10.7. The Bertz CT molecular complexity index is 620. The van der Waals surface area contributed by atoms with Gasteiger partial charge in [0.2, 0.25) is 0 Å². The van der Waals surface area contributed by atoms with E-state index in [4.69, 9.17) is 5.11 Å². The number of hydrogen-bond acceptors (Lipinski definition) is 2. The van der Waals surface area contributed by atoms with Gasteiger partial charge in [0.15, 0.2) is 0 Å². The number of nitrogens with zero attached hydrogens (tertiary/aromatic N) is 2. The van der Waals surface area contributed by atoms with Gasteiger partial charge in [-0.15, -0.1) is 0 Å². The molecule has 5 heteroatoms.